The summed E-state index contributed by atoms with van der Waals surface area (Å²) in [7, 11) is -6.95. The van der Waals surface area contributed by atoms with E-state index in [1.807, 2.05) is 0 Å². The van der Waals surface area contributed by atoms with Crippen molar-refractivity contribution in [3.63, 3.8) is 0 Å². The lowest BCUT2D eigenvalue weighted by atomic mass is 10.1. The van der Waals surface area contributed by atoms with Crippen molar-refractivity contribution in [2.75, 3.05) is 18.1 Å². The van der Waals surface area contributed by atoms with Gasteiger partial charge in [-0.3, -0.25) is 0 Å². The Hall–Kier alpha value is -1.87. The molecule has 204 valence electrons. The molecular formula is C21H21F9O4S2. The Kier molecular flexibility index (Phi) is 9.15. The van der Waals surface area contributed by atoms with Crippen LogP contribution in [0.3, 0.4) is 0 Å². The monoisotopic (exact) mass is 572 g/mol. The lowest BCUT2D eigenvalue weighted by Crippen LogP contribution is -2.63. The lowest BCUT2D eigenvalue weighted by Gasteiger charge is -2.34. The van der Waals surface area contributed by atoms with Crippen LogP contribution >= 0.6 is 0 Å². The SMILES string of the molecule is CCCOc1ccc([S+]2CCCC2)c2ccccc12.O=S(=O)([O-])C(F)(F)C(F)(F)C(F)(F)C(F)(F)F. The van der Waals surface area contributed by atoms with Crippen molar-refractivity contribution in [1.82, 2.24) is 0 Å². The van der Waals surface area contributed by atoms with Crippen molar-refractivity contribution in [3.8, 4) is 5.75 Å². The van der Waals surface area contributed by atoms with Crippen molar-refractivity contribution < 1.29 is 57.2 Å². The van der Waals surface area contributed by atoms with E-state index in [-0.39, 0.29) is 0 Å². The molecule has 2 aromatic rings. The number of hydrogen-bond donors (Lipinski definition) is 0. The predicted molar refractivity (Wildman–Crippen MR) is 115 cm³/mol. The van der Waals surface area contributed by atoms with Gasteiger partial charge in [0.15, 0.2) is 15.0 Å². The fourth-order valence-corrected chi connectivity index (χ4v) is 6.17. The van der Waals surface area contributed by atoms with E-state index in [9.17, 15) is 52.5 Å². The normalized spacial score (nSPS) is 16.1. The van der Waals surface area contributed by atoms with Crippen LogP contribution < -0.4 is 4.74 Å². The number of fused-ring (bicyclic) bond motifs is 1. The van der Waals surface area contributed by atoms with E-state index in [4.69, 9.17) is 4.74 Å². The highest BCUT2D eigenvalue weighted by Crippen LogP contribution is 2.54. The lowest BCUT2D eigenvalue weighted by molar-refractivity contribution is -0.382. The standard InChI is InChI=1S/C17H21OS.C4HF9O3S/c1-2-11-18-16-9-10-17(19-12-5-6-13-19)15-8-4-3-7-14(15)16;5-1(6,3(9,10)11)2(7,8)4(12,13)17(14,15)16/h3-4,7-10H,2,5-6,11-13H2,1H3;(H,14,15,16)/q+1;/p-1. The van der Waals surface area contributed by atoms with Crippen LogP contribution in [-0.2, 0) is 21.0 Å². The van der Waals surface area contributed by atoms with Gasteiger partial charge in [-0.1, -0.05) is 25.1 Å². The van der Waals surface area contributed by atoms with E-state index < -0.39 is 33.4 Å². The summed E-state index contributed by atoms with van der Waals surface area (Å²) in [5.74, 6) is -11.0. The first-order valence-electron chi connectivity index (χ1n) is 10.4. The average molecular weight is 573 g/mol. The molecule has 0 amide bonds. The topological polar surface area (TPSA) is 66.4 Å². The summed E-state index contributed by atoms with van der Waals surface area (Å²) in [4.78, 5) is 1.55. The van der Waals surface area contributed by atoms with Crippen LogP contribution in [-0.4, -0.2) is 54.4 Å². The first-order valence-corrected chi connectivity index (χ1v) is 13.3. The largest absolute Gasteiger partial charge is 0.743 e. The van der Waals surface area contributed by atoms with Crippen molar-refractivity contribution in [2.24, 2.45) is 0 Å². The third kappa shape index (κ3) is 5.82. The molecular weight excluding hydrogens is 551 g/mol. The Bertz CT molecular complexity index is 1150. The zero-order valence-corrected chi connectivity index (χ0v) is 20.2. The highest BCUT2D eigenvalue weighted by atomic mass is 32.2. The molecule has 36 heavy (non-hydrogen) atoms. The quantitative estimate of drug-likeness (QED) is 0.220. The zero-order valence-electron chi connectivity index (χ0n) is 18.6. The van der Waals surface area contributed by atoms with Crippen LogP contribution in [0.1, 0.15) is 26.2 Å². The molecule has 4 nitrogen and oxygen atoms in total. The summed E-state index contributed by atoms with van der Waals surface area (Å²) >= 11 is 0. The Balaban J connectivity index is 0.000000256. The number of rotatable bonds is 7. The molecule has 0 unspecified atom stereocenters. The van der Waals surface area contributed by atoms with Crippen molar-refractivity contribution in [3.05, 3.63) is 36.4 Å². The molecule has 15 heteroatoms. The second-order valence-corrected chi connectivity index (χ2v) is 11.3. The van der Waals surface area contributed by atoms with E-state index in [2.05, 4.69) is 43.3 Å². The molecule has 0 saturated carbocycles. The molecule has 2 aromatic carbocycles. The van der Waals surface area contributed by atoms with E-state index in [1.165, 1.54) is 35.1 Å². The highest BCUT2D eigenvalue weighted by Gasteiger charge is 2.83. The first-order chi connectivity index (χ1) is 16.4. The molecule has 0 aromatic heterocycles. The van der Waals surface area contributed by atoms with Crippen molar-refractivity contribution in [2.45, 2.75) is 54.4 Å². The fourth-order valence-electron chi connectivity index (χ4n) is 3.23. The molecule has 1 aliphatic rings. The number of ether oxygens (including phenoxy) is 1. The van der Waals surface area contributed by atoms with Gasteiger partial charge >= 0.3 is 23.3 Å². The van der Waals surface area contributed by atoms with Gasteiger partial charge in [-0.05, 0) is 37.5 Å². The number of halogens is 9. The number of alkyl halides is 9. The van der Waals surface area contributed by atoms with Crippen LogP contribution in [0, 0.1) is 0 Å². The van der Waals surface area contributed by atoms with Crippen LogP contribution in [0.4, 0.5) is 39.5 Å². The third-order valence-corrected chi connectivity index (χ3v) is 8.50. The first kappa shape index (κ1) is 30.4. The minimum atomic E-state index is -7.43. The van der Waals surface area contributed by atoms with Gasteiger partial charge < -0.3 is 9.29 Å². The highest BCUT2D eigenvalue weighted by molar-refractivity contribution is 7.97. The average Bonchev–Trinajstić information content (AvgIpc) is 3.30. The summed E-state index contributed by atoms with van der Waals surface area (Å²) in [6.07, 6.45) is -3.32. The molecule has 0 aliphatic carbocycles. The smallest absolute Gasteiger partial charge is 0.460 e. The molecule has 0 N–H and O–H groups in total. The molecule has 0 spiro atoms. The Labute approximate surface area is 203 Å². The molecule has 1 fully saturated rings. The second-order valence-electron chi connectivity index (χ2n) is 7.68. The Morgan fingerprint density at radius 1 is 0.861 bits per heavy atom. The second kappa shape index (κ2) is 10.9. The van der Waals surface area contributed by atoms with Gasteiger partial charge in [0.2, 0.25) is 0 Å². The van der Waals surface area contributed by atoms with Crippen LogP contribution in [0.2, 0.25) is 0 Å². The molecule has 0 radical (unpaired) electrons. The van der Waals surface area contributed by atoms with E-state index in [0.29, 0.717) is 10.9 Å². The molecule has 0 atom stereocenters. The molecule has 1 heterocycles. The Morgan fingerprint density at radius 2 is 1.39 bits per heavy atom. The van der Waals surface area contributed by atoms with Crippen molar-refractivity contribution in [1.29, 1.82) is 0 Å². The van der Waals surface area contributed by atoms with Gasteiger partial charge in [0.1, 0.15) is 17.3 Å². The molecule has 1 saturated heterocycles. The van der Waals surface area contributed by atoms with Gasteiger partial charge in [-0.2, -0.15) is 39.5 Å². The molecule has 0 bridgehead atoms. The maximum Gasteiger partial charge on any atom is 0.460 e. The van der Waals surface area contributed by atoms with Crippen LogP contribution in [0.15, 0.2) is 41.3 Å². The van der Waals surface area contributed by atoms with Gasteiger partial charge in [0, 0.05) is 21.7 Å². The van der Waals surface area contributed by atoms with Gasteiger partial charge in [0.25, 0.3) is 0 Å². The van der Waals surface area contributed by atoms with E-state index in [0.717, 1.165) is 18.8 Å². The molecule has 1 aliphatic heterocycles. The fraction of sp³-hybridized carbons (Fsp3) is 0.524. The van der Waals surface area contributed by atoms with E-state index in [1.54, 1.807) is 4.90 Å². The summed E-state index contributed by atoms with van der Waals surface area (Å²) in [6, 6.07) is 13.2. The van der Waals surface area contributed by atoms with Crippen molar-refractivity contribution >= 4 is 31.8 Å². The summed E-state index contributed by atoms with van der Waals surface area (Å²) in [6.45, 7) is 2.95. The summed E-state index contributed by atoms with van der Waals surface area (Å²) in [5, 5.41) is -4.42. The number of hydrogen-bond acceptors (Lipinski definition) is 4. The van der Waals surface area contributed by atoms with Gasteiger partial charge in [-0.15, -0.1) is 0 Å². The maximum atomic E-state index is 12.2. The summed E-state index contributed by atoms with van der Waals surface area (Å²) in [5.41, 5.74) is 0. The van der Waals surface area contributed by atoms with Crippen LogP contribution in [0.5, 0.6) is 5.75 Å². The van der Waals surface area contributed by atoms with Gasteiger partial charge in [-0.25, -0.2) is 8.42 Å². The van der Waals surface area contributed by atoms with E-state index >= 15 is 0 Å². The zero-order chi connectivity index (χ0) is 27.6. The molecule has 3 rings (SSSR count). The Morgan fingerprint density at radius 3 is 1.86 bits per heavy atom. The minimum Gasteiger partial charge on any atom is -0.743 e. The maximum absolute atomic E-state index is 12.2. The third-order valence-electron chi connectivity index (χ3n) is 5.08. The predicted octanol–water partition coefficient (Wildman–Crippen LogP) is 6.36. The summed E-state index contributed by atoms with van der Waals surface area (Å²) < 4.78 is 141. The number of benzene rings is 2. The van der Waals surface area contributed by atoms with Gasteiger partial charge in [0.05, 0.1) is 6.61 Å². The van der Waals surface area contributed by atoms with Crippen LogP contribution in [0.25, 0.3) is 10.8 Å². The minimum absolute atomic E-state index is 0.465.